The van der Waals surface area contributed by atoms with Gasteiger partial charge in [0.25, 0.3) is 17.7 Å². The molecule has 3 amide bonds. The third-order valence-corrected chi connectivity index (χ3v) is 10.3. The van der Waals surface area contributed by atoms with E-state index < -0.39 is 11.7 Å². The van der Waals surface area contributed by atoms with E-state index in [0.29, 0.717) is 58.2 Å². The van der Waals surface area contributed by atoms with E-state index >= 15 is 0 Å². The quantitative estimate of drug-likeness (QED) is 0.190. The van der Waals surface area contributed by atoms with Gasteiger partial charge >= 0.3 is 0 Å². The van der Waals surface area contributed by atoms with Crippen LogP contribution >= 0.6 is 0 Å². The normalized spacial score (nSPS) is 16.0. The van der Waals surface area contributed by atoms with Crippen LogP contribution in [0.15, 0.2) is 89.3 Å². The van der Waals surface area contributed by atoms with Gasteiger partial charge in [0.05, 0.1) is 16.9 Å². The summed E-state index contributed by atoms with van der Waals surface area (Å²) in [5.41, 5.74) is 5.38. The number of aromatic nitrogens is 1. The Morgan fingerprint density at radius 1 is 0.865 bits per heavy atom. The van der Waals surface area contributed by atoms with E-state index in [1.807, 2.05) is 43.3 Å². The van der Waals surface area contributed by atoms with Gasteiger partial charge < -0.3 is 29.6 Å². The number of furan rings is 1. The minimum atomic E-state index is -0.558. The van der Waals surface area contributed by atoms with Crippen LogP contribution in [0.3, 0.4) is 0 Å². The van der Waals surface area contributed by atoms with Crippen LogP contribution in [-0.4, -0.2) is 55.6 Å². The van der Waals surface area contributed by atoms with Crippen molar-refractivity contribution in [2.45, 2.75) is 33.1 Å². The molecule has 8 rings (SSSR count). The number of hydrogen-bond donors (Lipinski definition) is 2. The van der Waals surface area contributed by atoms with Crippen molar-refractivity contribution in [1.82, 2.24) is 4.98 Å². The fourth-order valence-electron chi connectivity index (χ4n) is 7.43. The summed E-state index contributed by atoms with van der Waals surface area (Å²) in [5.74, 6) is -0.326. The summed E-state index contributed by atoms with van der Waals surface area (Å²) < 4.78 is 26.1. The molecule has 2 saturated heterocycles. The lowest BCUT2D eigenvalue weighted by Gasteiger charge is -2.53. The Morgan fingerprint density at radius 3 is 2.40 bits per heavy atom. The van der Waals surface area contributed by atoms with Gasteiger partial charge in [0.15, 0.2) is 5.76 Å². The van der Waals surface area contributed by atoms with Crippen LogP contribution in [0.25, 0.3) is 11.3 Å². The molecule has 0 bridgehead atoms. The second-order valence-electron chi connectivity index (χ2n) is 13.9. The average molecular weight is 700 g/mol. The Bertz CT molecular complexity index is 2180. The third kappa shape index (κ3) is 6.21. The summed E-state index contributed by atoms with van der Waals surface area (Å²) in [5, 5.41) is 5.63. The monoisotopic (exact) mass is 699 g/mol. The number of carbonyl (C=O) groups is 3. The van der Waals surface area contributed by atoms with Gasteiger partial charge in [-0.15, -0.1) is 0 Å². The van der Waals surface area contributed by atoms with Crippen molar-refractivity contribution in [2.75, 3.05) is 53.3 Å². The lowest BCUT2D eigenvalue weighted by Crippen LogP contribution is -2.59. The Hall–Kier alpha value is -5.81. The lowest BCUT2D eigenvalue weighted by molar-refractivity contribution is -0.000519. The molecule has 3 aromatic carbocycles. The van der Waals surface area contributed by atoms with Crippen LogP contribution in [-0.2, 0) is 11.2 Å². The van der Waals surface area contributed by atoms with Gasteiger partial charge in [0, 0.05) is 66.3 Å². The lowest BCUT2D eigenvalue weighted by atomic mass is 9.73. The number of halogens is 1. The third-order valence-electron chi connectivity index (χ3n) is 10.3. The number of nitrogens with one attached hydrogen (secondary N) is 2. The summed E-state index contributed by atoms with van der Waals surface area (Å²) in [6, 6.07) is 24.2. The summed E-state index contributed by atoms with van der Waals surface area (Å²) in [7, 11) is 0. The molecule has 10 nitrogen and oxygen atoms in total. The highest BCUT2D eigenvalue weighted by atomic mass is 19.1. The summed E-state index contributed by atoms with van der Waals surface area (Å²) in [6.45, 7) is 7.24. The van der Waals surface area contributed by atoms with Crippen LogP contribution in [0, 0.1) is 25.1 Å². The molecule has 3 aliphatic rings. The number of fused-ring (bicyclic) bond motifs is 3. The Labute approximate surface area is 300 Å². The van der Waals surface area contributed by atoms with E-state index in [2.05, 4.69) is 15.5 Å². The molecule has 2 fully saturated rings. The second-order valence-corrected chi connectivity index (χ2v) is 13.9. The zero-order valence-electron chi connectivity index (χ0n) is 29.0. The number of hydrogen-bond acceptors (Lipinski definition) is 7. The maximum absolute atomic E-state index is 14.4. The highest BCUT2D eigenvalue weighted by Crippen LogP contribution is 2.43. The summed E-state index contributed by atoms with van der Waals surface area (Å²) >= 11 is 0. The summed E-state index contributed by atoms with van der Waals surface area (Å²) in [6.07, 6.45) is 2.47. The smallest absolute Gasteiger partial charge is 0.291 e. The highest BCUT2D eigenvalue weighted by Gasteiger charge is 2.45. The average Bonchev–Trinajstić information content (AvgIpc) is 3.50. The first-order valence-electron chi connectivity index (χ1n) is 17.5. The van der Waals surface area contributed by atoms with Crippen LogP contribution in [0.4, 0.5) is 27.3 Å². The van der Waals surface area contributed by atoms with Crippen LogP contribution < -0.4 is 20.4 Å². The molecule has 11 heteroatoms. The van der Waals surface area contributed by atoms with Gasteiger partial charge in [0.2, 0.25) is 0 Å². The Kier molecular flexibility index (Phi) is 8.58. The number of benzene rings is 3. The van der Waals surface area contributed by atoms with Crippen LogP contribution in [0.5, 0.6) is 0 Å². The van der Waals surface area contributed by atoms with Gasteiger partial charge in [-0.2, -0.15) is 0 Å². The van der Waals surface area contributed by atoms with Crippen molar-refractivity contribution in [3.8, 4) is 11.3 Å². The second kappa shape index (κ2) is 13.4. The minimum Gasteiger partial charge on any atom is -0.451 e. The van der Waals surface area contributed by atoms with E-state index in [1.165, 1.54) is 6.07 Å². The van der Waals surface area contributed by atoms with Crippen molar-refractivity contribution in [3.63, 3.8) is 0 Å². The number of para-hydroxylation sites is 2. The number of rotatable bonds is 6. The van der Waals surface area contributed by atoms with Gasteiger partial charge in [-0.3, -0.25) is 14.4 Å². The number of anilines is 4. The molecule has 0 saturated carbocycles. The fourth-order valence-corrected chi connectivity index (χ4v) is 7.43. The van der Waals surface area contributed by atoms with E-state index in [-0.39, 0.29) is 28.7 Å². The molecule has 2 N–H and O–H groups in total. The SMILES string of the molecule is Cc1ccc(C(=O)Nc2ccc(C(=O)N3CCc4cc(C(=O)Nc5c(C)cccc5F)oc4-c4ccccc43)cc2)c(N2CC3(CCOCC3)C2)n1. The van der Waals surface area contributed by atoms with Crippen LogP contribution in [0.1, 0.15) is 60.9 Å². The van der Waals surface area contributed by atoms with Gasteiger partial charge in [-0.1, -0.05) is 24.3 Å². The first-order valence-corrected chi connectivity index (χ1v) is 17.5. The van der Waals surface area contributed by atoms with Crippen LogP contribution in [0.2, 0.25) is 0 Å². The van der Waals surface area contributed by atoms with Gasteiger partial charge in [0.1, 0.15) is 17.4 Å². The standard InChI is InChI=1S/C41H38FN5O5/c1-25-6-5-8-32(42)35(25)45-39(49)34-22-28-16-19-47(33-9-4-3-7-30(33)36(28)52-34)40(50)27-11-13-29(14-12-27)44-38(48)31-15-10-26(2)43-37(31)46-23-41(24-46)17-20-51-21-18-41/h3-15,22H,16-21,23-24H2,1-2H3,(H,44,48)(H,45,49). The zero-order valence-corrected chi connectivity index (χ0v) is 29.0. The van der Waals surface area contributed by atoms with Crippen molar-refractivity contribution in [2.24, 2.45) is 5.41 Å². The number of aryl methyl sites for hydroxylation is 2. The molecule has 1 spiro atoms. The molecule has 2 aromatic heterocycles. The molecule has 3 aliphatic heterocycles. The highest BCUT2D eigenvalue weighted by molar-refractivity contribution is 6.10. The largest absolute Gasteiger partial charge is 0.451 e. The number of carbonyl (C=O) groups excluding carboxylic acids is 3. The number of amides is 3. The maximum atomic E-state index is 14.4. The molecule has 0 atom stereocenters. The van der Waals surface area contributed by atoms with Crippen molar-refractivity contribution in [3.05, 3.63) is 124 Å². The number of ether oxygens (including phenoxy) is 1. The molecule has 52 heavy (non-hydrogen) atoms. The maximum Gasteiger partial charge on any atom is 0.291 e. The van der Waals surface area contributed by atoms with Crippen molar-refractivity contribution >= 4 is 40.6 Å². The van der Waals surface area contributed by atoms with Crippen molar-refractivity contribution < 1.29 is 27.9 Å². The van der Waals surface area contributed by atoms with E-state index in [1.54, 1.807) is 54.3 Å². The number of pyridine rings is 1. The molecule has 264 valence electrons. The van der Waals surface area contributed by atoms with E-state index in [9.17, 15) is 18.8 Å². The molecule has 0 aliphatic carbocycles. The molecular formula is C41H38FN5O5. The fraction of sp³-hybridized carbons (Fsp3) is 0.268. The topological polar surface area (TPSA) is 117 Å². The molecular weight excluding hydrogens is 661 g/mol. The predicted molar refractivity (Wildman–Crippen MR) is 197 cm³/mol. The molecule has 5 heterocycles. The molecule has 0 unspecified atom stereocenters. The zero-order chi connectivity index (χ0) is 36.0. The number of nitrogens with zero attached hydrogens (tertiary/aromatic N) is 3. The first-order chi connectivity index (χ1) is 25.2. The Balaban J connectivity index is 0.974. The van der Waals surface area contributed by atoms with Gasteiger partial charge in [-0.05, 0) is 99.3 Å². The minimum absolute atomic E-state index is 0.0570. The van der Waals surface area contributed by atoms with E-state index in [4.69, 9.17) is 14.1 Å². The van der Waals surface area contributed by atoms with Gasteiger partial charge in [-0.25, -0.2) is 9.37 Å². The van der Waals surface area contributed by atoms with Crippen molar-refractivity contribution in [1.29, 1.82) is 0 Å². The first kappa shape index (κ1) is 33.3. The summed E-state index contributed by atoms with van der Waals surface area (Å²) in [4.78, 5) is 49.3. The molecule has 5 aromatic rings. The molecule has 0 radical (unpaired) electrons. The predicted octanol–water partition coefficient (Wildman–Crippen LogP) is 7.42. The Morgan fingerprint density at radius 2 is 1.63 bits per heavy atom. The van der Waals surface area contributed by atoms with E-state index in [0.717, 1.165) is 50.4 Å².